The van der Waals surface area contributed by atoms with Crippen LogP contribution in [0.4, 0.5) is 0 Å². The zero-order valence-corrected chi connectivity index (χ0v) is 31.9. The summed E-state index contributed by atoms with van der Waals surface area (Å²) in [6.45, 7) is 7.15. The van der Waals surface area contributed by atoms with Crippen LogP contribution in [0.3, 0.4) is 0 Å². The Balaban J connectivity index is 2.41. The molecule has 56 heavy (non-hydrogen) atoms. The zero-order valence-electron chi connectivity index (χ0n) is 31.9. The van der Waals surface area contributed by atoms with Crippen LogP contribution in [0, 0.1) is 11.8 Å². The van der Waals surface area contributed by atoms with Crippen molar-refractivity contribution in [1.82, 2.24) is 41.9 Å². The maximum absolute atomic E-state index is 14.0. The lowest BCUT2D eigenvalue weighted by Crippen LogP contribution is -2.61. The minimum atomic E-state index is -1.62. The fraction of sp³-hybridized carbons (Fsp3) is 0.528. The van der Waals surface area contributed by atoms with Gasteiger partial charge in [-0.2, -0.15) is 0 Å². The molecule has 6 amide bonds. The van der Waals surface area contributed by atoms with Gasteiger partial charge >= 0.3 is 11.9 Å². The number of hydrogen-bond acceptors (Lipinski definition) is 11. The summed E-state index contributed by atoms with van der Waals surface area (Å²) in [6, 6.07) is -1.22. The predicted molar refractivity (Wildman–Crippen MR) is 199 cm³/mol. The van der Waals surface area contributed by atoms with Gasteiger partial charge in [-0.15, -0.1) is 0 Å². The second kappa shape index (κ2) is 22.5. The smallest absolute Gasteiger partial charge is 0.325 e. The molecule has 2 aromatic rings. The Morgan fingerprint density at radius 2 is 1.18 bits per heavy atom. The summed E-state index contributed by atoms with van der Waals surface area (Å²) in [5.41, 5.74) is 6.88. The van der Waals surface area contributed by atoms with Crippen molar-refractivity contribution in [3.63, 3.8) is 0 Å². The first-order valence-corrected chi connectivity index (χ1v) is 18.0. The molecule has 0 aliphatic rings. The number of amides is 6. The van der Waals surface area contributed by atoms with E-state index in [1.807, 2.05) is 0 Å². The highest BCUT2D eigenvalue weighted by atomic mass is 16.4. The number of nitrogens with two attached hydrogens (primary N) is 1. The summed E-state index contributed by atoms with van der Waals surface area (Å²) in [6.07, 6.45) is 1.64. The van der Waals surface area contributed by atoms with E-state index in [0.717, 1.165) is 0 Å². The molecule has 0 saturated carbocycles. The van der Waals surface area contributed by atoms with Gasteiger partial charge in [0, 0.05) is 24.7 Å². The second-order valence-electron chi connectivity index (χ2n) is 14.0. The summed E-state index contributed by atoms with van der Waals surface area (Å²) in [4.78, 5) is 110. The number of aliphatic hydroxyl groups excluding tert-OH is 1. The van der Waals surface area contributed by atoms with Crippen molar-refractivity contribution in [2.45, 2.75) is 103 Å². The molecular formula is C36H53N9O11. The van der Waals surface area contributed by atoms with Gasteiger partial charge in [0.15, 0.2) is 0 Å². The molecule has 0 aliphatic heterocycles. The molecule has 0 fully saturated rings. The van der Waals surface area contributed by atoms with Crippen LogP contribution < -0.4 is 37.6 Å². The summed E-state index contributed by atoms with van der Waals surface area (Å²) >= 11 is 0. The number of aliphatic carboxylic acids is 2. The lowest BCUT2D eigenvalue weighted by atomic mass is 10.0. The highest BCUT2D eigenvalue weighted by Crippen LogP contribution is 2.10. The van der Waals surface area contributed by atoms with Crippen LogP contribution in [0.25, 0.3) is 0 Å². The van der Waals surface area contributed by atoms with E-state index in [9.17, 15) is 48.6 Å². The topological polar surface area (TPSA) is 324 Å². The number of hydrogen-bond donors (Lipinski definition) is 11. The molecule has 0 spiro atoms. The number of carboxylic acids is 2. The molecule has 0 bridgehead atoms. The van der Waals surface area contributed by atoms with Crippen molar-refractivity contribution < 1.29 is 53.7 Å². The normalized spacial score (nSPS) is 14.9. The van der Waals surface area contributed by atoms with Crippen molar-refractivity contribution >= 4 is 47.4 Å². The SMILES string of the molecule is CC(C)CC(NC(=O)C(Cc1cnc[nH]1)NC(=O)C(Cc1ccccc1)NC(=O)C(CC(=O)O)NC(=O)C(N)C(C)C)C(=O)NC(CO)C(=O)NC(C)C(=O)O. The van der Waals surface area contributed by atoms with E-state index in [-0.39, 0.29) is 31.1 Å². The van der Waals surface area contributed by atoms with Crippen LogP contribution in [0.1, 0.15) is 58.7 Å². The van der Waals surface area contributed by atoms with Crippen molar-refractivity contribution in [3.8, 4) is 0 Å². The van der Waals surface area contributed by atoms with Gasteiger partial charge < -0.3 is 57.9 Å². The predicted octanol–water partition coefficient (Wildman–Crippen LogP) is -2.30. The van der Waals surface area contributed by atoms with Gasteiger partial charge in [-0.1, -0.05) is 58.0 Å². The molecule has 1 heterocycles. The fourth-order valence-electron chi connectivity index (χ4n) is 5.20. The number of carbonyl (C=O) groups is 8. The average molecular weight is 788 g/mol. The van der Waals surface area contributed by atoms with Gasteiger partial charge in [-0.05, 0) is 30.7 Å². The highest BCUT2D eigenvalue weighted by Gasteiger charge is 2.34. The van der Waals surface area contributed by atoms with Crippen LogP contribution >= 0.6 is 0 Å². The Bertz CT molecular complexity index is 1650. The standard InChI is InChI=1S/C36H53N9O11/c1-18(2)11-23(30(49)45-27(16-46)34(53)40-20(5)36(55)56)41-32(51)25(13-22-15-38-17-39-22)43-31(50)24(12-21-9-7-6-8-10-21)42-33(52)26(14-28(47)48)44-35(54)29(37)19(3)4/h6-10,15,17-20,23-27,29,46H,11-14,16,37H2,1-5H3,(H,38,39)(H,40,53)(H,41,51)(H,42,52)(H,43,50)(H,44,54)(H,45,49)(H,47,48)(H,55,56). The molecule has 1 aromatic carbocycles. The van der Waals surface area contributed by atoms with E-state index in [4.69, 9.17) is 10.8 Å². The van der Waals surface area contributed by atoms with Crippen molar-refractivity contribution in [1.29, 1.82) is 0 Å². The van der Waals surface area contributed by atoms with Crippen molar-refractivity contribution in [3.05, 3.63) is 54.1 Å². The first-order chi connectivity index (χ1) is 26.3. The lowest BCUT2D eigenvalue weighted by Gasteiger charge is -2.28. The second-order valence-corrected chi connectivity index (χ2v) is 14.0. The Morgan fingerprint density at radius 3 is 1.68 bits per heavy atom. The van der Waals surface area contributed by atoms with Crippen LogP contribution in [0.5, 0.6) is 0 Å². The third-order valence-electron chi connectivity index (χ3n) is 8.45. The summed E-state index contributed by atoms with van der Waals surface area (Å²) in [5.74, 6) is -8.67. The Kier molecular flexibility index (Phi) is 18.6. The van der Waals surface area contributed by atoms with Gasteiger partial charge in [-0.25, -0.2) is 4.98 Å². The van der Waals surface area contributed by atoms with E-state index in [1.165, 1.54) is 19.4 Å². The van der Waals surface area contributed by atoms with Gasteiger partial charge in [0.25, 0.3) is 0 Å². The Morgan fingerprint density at radius 1 is 0.679 bits per heavy atom. The number of imidazole rings is 1. The number of rotatable bonds is 23. The monoisotopic (exact) mass is 787 g/mol. The molecule has 1 aromatic heterocycles. The molecule has 7 unspecified atom stereocenters. The fourth-order valence-corrected chi connectivity index (χ4v) is 5.20. The highest BCUT2D eigenvalue weighted by molar-refractivity contribution is 5.98. The number of carbonyl (C=O) groups excluding carboxylic acids is 6. The number of H-pyrrole nitrogens is 1. The van der Waals surface area contributed by atoms with E-state index in [1.54, 1.807) is 58.0 Å². The lowest BCUT2D eigenvalue weighted by molar-refractivity contribution is -0.142. The Labute approximate surface area is 323 Å². The van der Waals surface area contributed by atoms with Crippen molar-refractivity contribution in [2.75, 3.05) is 6.61 Å². The van der Waals surface area contributed by atoms with Gasteiger partial charge in [0.2, 0.25) is 35.4 Å². The van der Waals surface area contributed by atoms with E-state index >= 15 is 0 Å². The van der Waals surface area contributed by atoms with Crippen LogP contribution in [0.15, 0.2) is 42.9 Å². The average Bonchev–Trinajstić information content (AvgIpc) is 3.65. The molecule has 12 N–H and O–H groups in total. The summed E-state index contributed by atoms with van der Waals surface area (Å²) in [7, 11) is 0. The number of benzene rings is 1. The van der Waals surface area contributed by atoms with Crippen LogP contribution in [-0.2, 0) is 51.2 Å². The summed E-state index contributed by atoms with van der Waals surface area (Å²) < 4.78 is 0. The maximum Gasteiger partial charge on any atom is 0.325 e. The molecule has 7 atom stereocenters. The number of nitrogens with zero attached hydrogens (tertiary/aromatic N) is 1. The van der Waals surface area contributed by atoms with Crippen molar-refractivity contribution in [2.24, 2.45) is 17.6 Å². The molecule has 0 aliphatic carbocycles. The van der Waals surface area contributed by atoms with Crippen LogP contribution in [0.2, 0.25) is 0 Å². The third-order valence-corrected chi connectivity index (χ3v) is 8.45. The minimum Gasteiger partial charge on any atom is -0.481 e. The van der Waals surface area contributed by atoms with Crippen LogP contribution in [-0.4, -0.2) is 122 Å². The largest absolute Gasteiger partial charge is 0.481 e. The summed E-state index contributed by atoms with van der Waals surface area (Å²) in [5, 5.41) is 43.0. The number of aromatic amines is 1. The molecular weight excluding hydrogens is 734 g/mol. The minimum absolute atomic E-state index is 0.0391. The Hall–Kier alpha value is -5.89. The van der Waals surface area contributed by atoms with E-state index in [0.29, 0.717) is 11.3 Å². The molecule has 20 nitrogen and oxygen atoms in total. The molecule has 0 radical (unpaired) electrons. The molecule has 2 rings (SSSR count). The third kappa shape index (κ3) is 15.5. The van der Waals surface area contributed by atoms with Gasteiger partial charge in [0.1, 0.15) is 36.3 Å². The van der Waals surface area contributed by atoms with Gasteiger partial charge in [0.05, 0.1) is 25.4 Å². The maximum atomic E-state index is 14.0. The van der Waals surface area contributed by atoms with E-state index in [2.05, 4.69) is 41.9 Å². The van der Waals surface area contributed by atoms with Gasteiger partial charge in [-0.3, -0.25) is 38.4 Å². The quantitative estimate of drug-likeness (QED) is 0.0566. The number of carboxylic acid groups (broad SMARTS) is 2. The first kappa shape index (κ1) is 46.3. The molecule has 0 saturated heterocycles. The molecule has 20 heteroatoms. The number of nitrogens with one attached hydrogen (secondary N) is 7. The first-order valence-electron chi connectivity index (χ1n) is 18.0. The number of aliphatic hydroxyl groups is 1. The zero-order chi connectivity index (χ0) is 42.1. The molecule has 308 valence electrons. The number of aromatic nitrogens is 2. The van der Waals surface area contributed by atoms with E-state index < -0.39 is 103 Å².